The van der Waals surface area contributed by atoms with Crippen molar-refractivity contribution in [2.45, 2.75) is 96.8 Å². The minimum atomic E-state index is -2.43. The Morgan fingerprint density at radius 1 is 0.897 bits per heavy atom. The van der Waals surface area contributed by atoms with Gasteiger partial charge in [0.2, 0.25) is 0 Å². The molecule has 0 saturated heterocycles. The number of rotatable bonds is 8. The molecule has 2 saturated carbocycles. The fourth-order valence-electron chi connectivity index (χ4n) is 5.63. The Kier molecular flexibility index (Phi) is 8.33. The normalized spacial score (nSPS) is 29.9. The summed E-state index contributed by atoms with van der Waals surface area (Å²) in [4.78, 5) is 0. The Balaban J connectivity index is 1.39. The van der Waals surface area contributed by atoms with Crippen molar-refractivity contribution in [1.82, 2.24) is 0 Å². The van der Waals surface area contributed by atoms with Crippen molar-refractivity contribution in [3.05, 3.63) is 47.5 Å². The van der Waals surface area contributed by atoms with Crippen LogP contribution in [0.1, 0.15) is 89.2 Å². The molecule has 162 valence electrons. The van der Waals surface area contributed by atoms with Crippen LogP contribution in [0.2, 0.25) is 0 Å². The van der Waals surface area contributed by atoms with E-state index in [1.165, 1.54) is 17.5 Å². The highest BCUT2D eigenvalue weighted by atomic mass is 19.3. The molecule has 2 unspecified atom stereocenters. The van der Waals surface area contributed by atoms with Gasteiger partial charge in [-0.1, -0.05) is 63.1 Å². The van der Waals surface area contributed by atoms with E-state index in [1.807, 2.05) is 0 Å². The Morgan fingerprint density at radius 2 is 1.55 bits per heavy atom. The van der Waals surface area contributed by atoms with Crippen LogP contribution in [-0.2, 0) is 12.8 Å². The molecule has 2 heteroatoms. The largest absolute Gasteiger partial charge is 0.251 e. The molecule has 2 atom stereocenters. The van der Waals surface area contributed by atoms with Gasteiger partial charge in [0.05, 0.1) is 0 Å². The number of aryl methyl sites for hydroxylation is 2. The van der Waals surface area contributed by atoms with Crippen molar-refractivity contribution in [2.75, 3.05) is 0 Å². The third-order valence-electron chi connectivity index (χ3n) is 7.52. The van der Waals surface area contributed by atoms with Crippen LogP contribution < -0.4 is 0 Å². The van der Waals surface area contributed by atoms with Crippen LogP contribution in [0.3, 0.4) is 0 Å². The van der Waals surface area contributed by atoms with Gasteiger partial charge in [-0.3, -0.25) is 0 Å². The first kappa shape index (κ1) is 22.5. The summed E-state index contributed by atoms with van der Waals surface area (Å²) in [6.45, 7) is 4.27. The molecule has 0 aliphatic heterocycles. The van der Waals surface area contributed by atoms with Gasteiger partial charge >= 0.3 is 0 Å². The average molecular weight is 403 g/mol. The predicted octanol–water partition coefficient (Wildman–Crippen LogP) is 8.40. The third-order valence-corrected chi connectivity index (χ3v) is 7.52. The first-order valence-corrected chi connectivity index (χ1v) is 12.1. The minimum absolute atomic E-state index is 0.132. The summed E-state index contributed by atoms with van der Waals surface area (Å²) in [6, 6.07) is 9.04. The third kappa shape index (κ3) is 6.40. The summed E-state index contributed by atoms with van der Waals surface area (Å²) in [7, 11) is 0. The molecule has 0 N–H and O–H groups in total. The van der Waals surface area contributed by atoms with E-state index in [1.54, 1.807) is 0 Å². The first-order chi connectivity index (χ1) is 14.0. The number of allylic oxidation sites excluding steroid dienone is 2. The van der Waals surface area contributed by atoms with Crippen molar-refractivity contribution < 1.29 is 8.78 Å². The molecule has 3 rings (SSSR count). The maximum absolute atomic E-state index is 14.7. The van der Waals surface area contributed by atoms with E-state index >= 15 is 0 Å². The van der Waals surface area contributed by atoms with Crippen LogP contribution in [-0.4, -0.2) is 5.92 Å². The van der Waals surface area contributed by atoms with Gasteiger partial charge in [0.25, 0.3) is 5.92 Å². The van der Waals surface area contributed by atoms with Crippen molar-refractivity contribution >= 4 is 0 Å². The van der Waals surface area contributed by atoms with E-state index in [0.29, 0.717) is 5.92 Å². The molecule has 29 heavy (non-hydrogen) atoms. The van der Waals surface area contributed by atoms with E-state index in [0.717, 1.165) is 64.2 Å². The van der Waals surface area contributed by atoms with E-state index in [2.05, 4.69) is 50.3 Å². The average Bonchev–Trinajstić information content (AvgIpc) is 2.72. The van der Waals surface area contributed by atoms with Crippen molar-refractivity contribution in [1.29, 1.82) is 0 Å². The van der Waals surface area contributed by atoms with Crippen LogP contribution in [0.25, 0.3) is 0 Å². The molecular weight excluding hydrogens is 362 g/mol. The Morgan fingerprint density at radius 3 is 2.14 bits per heavy atom. The van der Waals surface area contributed by atoms with Gasteiger partial charge in [-0.15, -0.1) is 0 Å². The second-order valence-electron chi connectivity index (χ2n) is 9.63. The maximum Gasteiger partial charge on any atom is 0.251 e. The molecule has 0 spiro atoms. The molecule has 0 heterocycles. The van der Waals surface area contributed by atoms with Gasteiger partial charge in [-0.05, 0) is 86.7 Å². The SMILES string of the molecule is CCCc1ccc(CC/C=C/C2CCC(C3CCC(CC)CC3(F)F)CC2)cc1. The molecule has 0 bridgehead atoms. The van der Waals surface area contributed by atoms with E-state index in [-0.39, 0.29) is 24.2 Å². The predicted molar refractivity (Wildman–Crippen MR) is 119 cm³/mol. The van der Waals surface area contributed by atoms with Crippen LogP contribution in [0.4, 0.5) is 8.78 Å². The van der Waals surface area contributed by atoms with Gasteiger partial charge in [0, 0.05) is 12.3 Å². The lowest BCUT2D eigenvalue weighted by Crippen LogP contribution is -2.41. The lowest BCUT2D eigenvalue weighted by atomic mass is 9.67. The summed E-state index contributed by atoms with van der Waals surface area (Å²) in [5, 5.41) is 0. The fourth-order valence-corrected chi connectivity index (χ4v) is 5.63. The van der Waals surface area contributed by atoms with Gasteiger partial charge in [0.15, 0.2) is 0 Å². The van der Waals surface area contributed by atoms with Gasteiger partial charge < -0.3 is 0 Å². The molecule has 2 fully saturated rings. The van der Waals surface area contributed by atoms with Gasteiger partial charge in [0.1, 0.15) is 0 Å². The smallest absolute Gasteiger partial charge is 0.207 e. The Hall–Kier alpha value is -1.18. The molecule has 1 aromatic carbocycles. The topological polar surface area (TPSA) is 0 Å². The second kappa shape index (κ2) is 10.7. The molecule has 0 radical (unpaired) electrons. The quantitative estimate of drug-likeness (QED) is 0.383. The zero-order valence-corrected chi connectivity index (χ0v) is 18.5. The lowest BCUT2D eigenvalue weighted by Gasteiger charge is -2.42. The van der Waals surface area contributed by atoms with Gasteiger partial charge in [-0.2, -0.15) is 0 Å². The van der Waals surface area contributed by atoms with Crippen LogP contribution >= 0.6 is 0 Å². The summed E-state index contributed by atoms with van der Waals surface area (Å²) < 4.78 is 29.3. The van der Waals surface area contributed by atoms with E-state index < -0.39 is 5.92 Å². The second-order valence-corrected chi connectivity index (χ2v) is 9.63. The Labute approximate surface area is 177 Å². The van der Waals surface area contributed by atoms with Crippen LogP contribution in [0, 0.1) is 23.7 Å². The summed E-state index contributed by atoms with van der Waals surface area (Å²) in [5.41, 5.74) is 2.83. The number of hydrogen-bond acceptors (Lipinski definition) is 0. The Bertz CT molecular complexity index is 622. The van der Waals surface area contributed by atoms with Crippen molar-refractivity contribution in [3.8, 4) is 0 Å². The lowest BCUT2D eigenvalue weighted by molar-refractivity contribution is -0.127. The summed E-state index contributed by atoms with van der Waals surface area (Å²) in [6.07, 6.45) is 16.2. The standard InChI is InChI=1S/C27H40F2/c1-3-7-22-10-12-23(13-11-22)8-5-6-9-24-14-17-25(18-15-24)26-19-16-21(4-2)20-27(26,28)29/h6,9-13,21,24-26H,3-5,7-8,14-20H2,1-2H3/b9-6+. The first-order valence-electron chi connectivity index (χ1n) is 12.1. The van der Waals surface area contributed by atoms with Crippen LogP contribution in [0.15, 0.2) is 36.4 Å². The summed E-state index contributed by atoms with van der Waals surface area (Å²) in [5.74, 6) is -1.71. The number of hydrogen-bond donors (Lipinski definition) is 0. The highest BCUT2D eigenvalue weighted by Crippen LogP contribution is 2.49. The fraction of sp³-hybridized carbons (Fsp3) is 0.704. The van der Waals surface area contributed by atoms with Crippen LogP contribution in [0.5, 0.6) is 0 Å². The van der Waals surface area contributed by atoms with Gasteiger partial charge in [-0.25, -0.2) is 8.78 Å². The molecule has 2 aliphatic rings. The molecule has 0 aromatic heterocycles. The highest BCUT2D eigenvalue weighted by Gasteiger charge is 2.48. The zero-order valence-electron chi connectivity index (χ0n) is 18.5. The zero-order chi connectivity index (χ0) is 20.7. The summed E-state index contributed by atoms with van der Waals surface area (Å²) >= 11 is 0. The molecule has 0 nitrogen and oxygen atoms in total. The molecular formula is C27H40F2. The molecule has 0 amide bonds. The molecule has 1 aromatic rings. The number of alkyl halides is 2. The number of halogens is 2. The monoisotopic (exact) mass is 402 g/mol. The highest BCUT2D eigenvalue weighted by molar-refractivity contribution is 5.23. The van der Waals surface area contributed by atoms with E-state index in [4.69, 9.17) is 0 Å². The minimum Gasteiger partial charge on any atom is -0.207 e. The van der Waals surface area contributed by atoms with E-state index in [9.17, 15) is 8.78 Å². The van der Waals surface area contributed by atoms with Crippen molar-refractivity contribution in [2.24, 2.45) is 23.7 Å². The number of benzene rings is 1. The molecule has 2 aliphatic carbocycles. The van der Waals surface area contributed by atoms with Crippen molar-refractivity contribution in [3.63, 3.8) is 0 Å². The maximum atomic E-state index is 14.7.